The largest absolute Gasteiger partial charge is 0.502 e. The molecule has 0 spiro atoms. The summed E-state index contributed by atoms with van der Waals surface area (Å²) in [5.41, 5.74) is 2.01. The smallest absolute Gasteiger partial charge is 0.369 e. The number of carbonyl (C=O) groups excluding carboxylic acids is 1. The fourth-order valence-corrected chi connectivity index (χ4v) is 8.26. The van der Waals surface area contributed by atoms with Gasteiger partial charge >= 0.3 is 21.2 Å². The molecule has 2 unspecified atom stereocenters. The van der Waals surface area contributed by atoms with Gasteiger partial charge in [0.15, 0.2) is 35.6 Å². The van der Waals surface area contributed by atoms with Crippen molar-refractivity contribution >= 4 is 21.2 Å². The number of phenolic OH excluding ortho intramolecular Hbond substituents is 1. The predicted molar refractivity (Wildman–Crippen MR) is 173 cm³/mol. The number of esters is 1. The van der Waals surface area contributed by atoms with Crippen molar-refractivity contribution in [2.75, 3.05) is 34.2 Å². The van der Waals surface area contributed by atoms with Crippen LogP contribution in [0.4, 0.5) is 0 Å². The first kappa shape index (κ1) is 39.6. The summed E-state index contributed by atoms with van der Waals surface area (Å²) in [6, 6.07) is 6.93. The number of methoxy groups -OCH3 is 2. The van der Waals surface area contributed by atoms with Crippen LogP contribution in [0, 0.1) is 11.8 Å². The van der Waals surface area contributed by atoms with Crippen molar-refractivity contribution in [2.24, 2.45) is 11.8 Å². The van der Waals surface area contributed by atoms with Gasteiger partial charge < -0.3 is 82.6 Å². The number of hydrogen-bond acceptors (Lipinski definition) is 16. The van der Waals surface area contributed by atoms with Crippen molar-refractivity contribution in [2.45, 2.75) is 67.9 Å². The third kappa shape index (κ3) is 7.13. The zero-order valence-corrected chi connectivity index (χ0v) is 30.4. The van der Waals surface area contributed by atoms with Crippen molar-refractivity contribution in [3.63, 3.8) is 0 Å². The highest BCUT2D eigenvalue weighted by Gasteiger charge is 2.57. The lowest BCUT2D eigenvalue weighted by Crippen LogP contribution is -2.63. The molecule has 2 aromatic rings. The van der Waals surface area contributed by atoms with Gasteiger partial charge in [0.1, 0.15) is 24.4 Å². The van der Waals surface area contributed by atoms with Crippen LogP contribution in [0.5, 0.6) is 28.7 Å². The summed E-state index contributed by atoms with van der Waals surface area (Å²) in [7, 11) is -7.54. The van der Waals surface area contributed by atoms with E-state index in [0.717, 1.165) is 0 Å². The predicted octanol–water partition coefficient (Wildman–Crippen LogP) is 0.346. The number of hydrogen-bond donors (Lipinski definition) is 8. The summed E-state index contributed by atoms with van der Waals surface area (Å²) in [5, 5.41) is 37.9. The van der Waals surface area contributed by atoms with Crippen LogP contribution in [-0.4, -0.2) is 122 Å². The Kier molecular flexibility index (Phi) is 10.9. The molecular weight excluding hydrogens is 754 g/mol. The third-order valence-corrected chi connectivity index (χ3v) is 13.6. The average Bonchev–Trinajstić information content (AvgIpc) is 3.72. The minimum atomic E-state index is -5.20. The normalized spacial score (nSPS) is 32.0. The van der Waals surface area contributed by atoms with Crippen LogP contribution < -0.4 is 18.9 Å². The molecule has 3 fully saturated rings. The van der Waals surface area contributed by atoms with E-state index >= 15 is 0 Å². The number of rotatable bonds is 7. The van der Waals surface area contributed by atoms with Crippen LogP contribution in [-0.2, 0) is 37.6 Å². The van der Waals surface area contributed by atoms with E-state index in [1.165, 1.54) is 14.2 Å². The quantitative estimate of drug-likeness (QED) is 0.138. The molecule has 53 heavy (non-hydrogen) atoms. The molecule has 4 heterocycles. The number of aliphatic hydroxyl groups is 3. The molecule has 10 atom stereocenters. The van der Waals surface area contributed by atoms with Crippen LogP contribution in [0.25, 0.3) is 0 Å². The van der Waals surface area contributed by atoms with Crippen molar-refractivity contribution in [3.8, 4) is 28.7 Å². The van der Waals surface area contributed by atoms with E-state index in [0.29, 0.717) is 35.1 Å². The van der Waals surface area contributed by atoms with Crippen LogP contribution in [0.1, 0.15) is 42.6 Å². The number of ether oxygens (including phenoxy) is 9. The first-order chi connectivity index (χ1) is 24.8. The van der Waals surface area contributed by atoms with Gasteiger partial charge in [-0.15, -0.1) is 0 Å². The number of benzene rings is 2. The Balaban J connectivity index is 0.000000381. The lowest BCUT2D eigenvalue weighted by atomic mass is 9.66. The van der Waals surface area contributed by atoms with E-state index in [-0.39, 0.29) is 37.3 Å². The van der Waals surface area contributed by atoms with Gasteiger partial charge in [-0.05, 0) is 54.8 Å². The molecule has 0 amide bonds. The minimum absolute atomic E-state index is 0.0301. The first-order valence-electron chi connectivity index (χ1n) is 16.1. The van der Waals surface area contributed by atoms with Crippen molar-refractivity contribution in [1.82, 2.24) is 0 Å². The highest BCUT2D eigenvalue weighted by atomic mass is 31.2. The molecule has 8 N–H and O–H groups in total. The molecule has 0 aromatic heterocycles. The molecule has 0 saturated carbocycles. The molecule has 4 aliphatic heterocycles. The maximum atomic E-state index is 13.4. The number of fused-ring (bicyclic) bond motifs is 4. The van der Waals surface area contributed by atoms with Gasteiger partial charge in [-0.2, -0.15) is 0 Å². The molecule has 294 valence electrons. The maximum Gasteiger partial charge on any atom is 0.369 e. The molecule has 0 bridgehead atoms. The van der Waals surface area contributed by atoms with E-state index in [9.17, 15) is 29.2 Å². The summed E-state index contributed by atoms with van der Waals surface area (Å²) < 4.78 is 72.0. The van der Waals surface area contributed by atoms with E-state index in [1.807, 2.05) is 0 Å². The first-order valence-corrected chi connectivity index (χ1v) is 19.3. The number of phenols is 1. The molecule has 2 aromatic carbocycles. The molecule has 5 aliphatic rings. The third-order valence-electron chi connectivity index (χ3n) is 9.85. The lowest BCUT2D eigenvalue weighted by molar-refractivity contribution is -0.364. The second-order valence-corrected chi connectivity index (χ2v) is 17.3. The number of aliphatic hydroxyl groups excluding tert-OH is 2. The van der Waals surface area contributed by atoms with Gasteiger partial charge in [0.25, 0.3) is 5.08 Å². The van der Waals surface area contributed by atoms with Gasteiger partial charge in [-0.25, -0.2) is 0 Å². The molecule has 22 heteroatoms. The second-order valence-electron chi connectivity index (χ2n) is 13.0. The van der Waals surface area contributed by atoms with Crippen molar-refractivity contribution in [1.29, 1.82) is 0 Å². The van der Waals surface area contributed by atoms with E-state index in [2.05, 4.69) is 0 Å². The molecule has 1 aliphatic carbocycles. The highest BCUT2D eigenvalue weighted by Crippen LogP contribution is 2.67. The van der Waals surface area contributed by atoms with E-state index in [4.69, 9.17) is 67.3 Å². The fourth-order valence-electron chi connectivity index (χ4n) is 6.91. The molecule has 7 rings (SSSR count). The van der Waals surface area contributed by atoms with Crippen molar-refractivity contribution < 1.29 is 96.6 Å². The van der Waals surface area contributed by atoms with Crippen LogP contribution in [0.2, 0.25) is 0 Å². The Bertz CT molecular complexity index is 1760. The van der Waals surface area contributed by atoms with Crippen LogP contribution in [0.3, 0.4) is 0 Å². The van der Waals surface area contributed by atoms with Crippen molar-refractivity contribution in [3.05, 3.63) is 41.0 Å². The average molecular weight is 795 g/mol. The molecule has 0 radical (unpaired) electrons. The topological polar surface area (TPSA) is 296 Å². The molecule has 3 saturated heterocycles. The monoisotopic (exact) mass is 794 g/mol. The number of aromatic hydroxyl groups is 1. The summed E-state index contributed by atoms with van der Waals surface area (Å²) in [5.74, 6) is -1.02. The van der Waals surface area contributed by atoms with Crippen LogP contribution >= 0.6 is 15.2 Å². The number of carbonyl (C=O) groups is 1. The molecular formula is C31H40O20P2. The number of cyclic esters (lactones) is 1. The van der Waals surface area contributed by atoms with Gasteiger partial charge in [-0.3, -0.25) is 13.9 Å². The standard InChI is InChI=1S/C29H32O13.C2H8O7P2/c1-11-36-9-20-27(40-11)24(31)25(32)29(41-20)42-26-14-7-17-16(38-10-39-17)6-13(14)21(22-15(26)8-37-28(22)33)12-4-18(34-2)23(30)19(5-12)35-3;1-2(3,10(4,5)6)11(7,8)9/h4-7,11,15,20-22,24-27,29-32H,8-10H2,1-3H3;3H,1H3,(H2,4,5,6)(H2,7,8,9)/t11-,15?,20-,21-,22+,24-,25-,26?,27-,29+;/m1./s1. The Morgan fingerprint density at radius 3 is 1.98 bits per heavy atom. The SMILES string of the molecule is CC(O)(P(=O)(O)O)P(=O)(O)O.COc1cc([C@@H]2c3cc4c(cc3C(O[C@@H]3O[C@@H]5CO[C@@H](C)O[C@H]5[C@H](O)[C@H]3O)C3COC(=O)[C@@H]32)OCO4)cc(OC)c1O. The Labute approximate surface area is 301 Å². The van der Waals surface area contributed by atoms with Gasteiger partial charge in [-0.1, -0.05) is 0 Å². The summed E-state index contributed by atoms with van der Waals surface area (Å²) in [6.07, 6.45) is -6.80. The van der Waals surface area contributed by atoms with Gasteiger partial charge in [0.2, 0.25) is 12.5 Å². The maximum absolute atomic E-state index is 13.4. The fraction of sp³-hybridized carbons (Fsp3) is 0.581. The summed E-state index contributed by atoms with van der Waals surface area (Å²) in [6.45, 7) is 2.31. The van der Waals surface area contributed by atoms with E-state index < -0.39 is 87.1 Å². The van der Waals surface area contributed by atoms with Crippen LogP contribution in [0.15, 0.2) is 24.3 Å². The second kappa shape index (κ2) is 14.5. The minimum Gasteiger partial charge on any atom is -0.502 e. The van der Waals surface area contributed by atoms with E-state index in [1.54, 1.807) is 31.2 Å². The summed E-state index contributed by atoms with van der Waals surface area (Å²) in [4.78, 5) is 46.4. The highest BCUT2D eigenvalue weighted by molar-refractivity contribution is 7.71. The lowest BCUT2D eigenvalue weighted by Gasteiger charge is -2.47. The zero-order chi connectivity index (χ0) is 38.8. The Morgan fingerprint density at radius 2 is 1.43 bits per heavy atom. The van der Waals surface area contributed by atoms with Gasteiger partial charge in [0.05, 0.1) is 39.5 Å². The molecule has 20 nitrogen and oxygen atoms in total. The zero-order valence-electron chi connectivity index (χ0n) is 28.6. The Hall–Kier alpha value is -3.07. The summed E-state index contributed by atoms with van der Waals surface area (Å²) >= 11 is 0. The van der Waals surface area contributed by atoms with Gasteiger partial charge in [0, 0.05) is 11.8 Å². The Morgan fingerprint density at radius 1 is 0.849 bits per heavy atom.